The van der Waals surface area contributed by atoms with Crippen molar-refractivity contribution in [2.45, 2.75) is 19.9 Å². The number of fused-ring (bicyclic) bond motifs is 1. The van der Waals surface area contributed by atoms with Crippen molar-refractivity contribution >= 4 is 26.8 Å². The number of aromatic nitrogens is 1. The van der Waals surface area contributed by atoms with Crippen LogP contribution < -0.4 is 5.32 Å². The molecule has 0 aliphatic rings. The molecular weight excluding hydrogens is 328 g/mol. The zero-order chi connectivity index (χ0) is 14.8. The Hall–Kier alpha value is -1.65. The fourth-order valence-corrected chi connectivity index (χ4v) is 2.82. The van der Waals surface area contributed by atoms with Crippen molar-refractivity contribution in [1.29, 1.82) is 0 Å². The smallest absolute Gasteiger partial charge is 0.136 e. The van der Waals surface area contributed by atoms with E-state index in [-0.39, 0.29) is 6.04 Å². The topological polar surface area (TPSA) is 38.1 Å². The molecule has 0 aliphatic carbocycles. The number of nitrogens with one attached hydrogen (secondary N) is 1. The predicted molar refractivity (Wildman–Crippen MR) is 89.2 cm³/mol. The van der Waals surface area contributed by atoms with Gasteiger partial charge in [0.15, 0.2) is 0 Å². The maximum Gasteiger partial charge on any atom is 0.136 e. The molecule has 1 N–H and O–H groups in total. The van der Waals surface area contributed by atoms with Gasteiger partial charge in [0.2, 0.25) is 0 Å². The zero-order valence-corrected chi connectivity index (χ0v) is 13.6. The Morgan fingerprint density at radius 1 is 1.29 bits per heavy atom. The molecule has 0 spiro atoms. The molecule has 0 aliphatic heterocycles. The second kappa shape index (κ2) is 6.00. The van der Waals surface area contributed by atoms with Crippen molar-refractivity contribution in [2.24, 2.45) is 0 Å². The molecule has 3 aromatic rings. The van der Waals surface area contributed by atoms with Crippen LogP contribution >= 0.6 is 15.9 Å². The normalized spacial score (nSPS) is 12.7. The summed E-state index contributed by atoms with van der Waals surface area (Å²) in [6, 6.07) is 12.5. The molecule has 0 saturated carbocycles. The van der Waals surface area contributed by atoms with Gasteiger partial charge in [0.1, 0.15) is 11.5 Å². The first-order valence-corrected chi connectivity index (χ1v) is 7.86. The van der Waals surface area contributed by atoms with Crippen LogP contribution in [-0.2, 0) is 0 Å². The number of rotatable bonds is 4. The third kappa shape index (κ3) is 2.87. The molecule has 21 heavy (non-hydrogen) atoms. The van der Waals surface area contributed by atoms with Crippen LogP contribution in [0.3, 0.4) is 0 Å². The Kier molecular flexibility index (Phi) is 4.08. The summed E-state index contributed by atoms with van der Waals surface area (Å²) < 4.78 is 6.99. The van der Waals surface area contributed by atoms with Gasteiger partial charge in [0, 0.05) is 21.6 Å². The zero-order valence-electron chi connectivity index (χ0n) is 12.1. The summed E-state index contributed by atoms with van der Waals surface area (Å²) in [6.45, 7) is 5.11. The number of pyridine rings is 1. The van der Waals surface area contributed by atoms with E-state index in [9.17, 15) is 0 Å². The second-order valence-corrected chi connectivity index (χ2v) is 5.93. The summed E-state index contributed by atoms with van der Waals surface area (Å²) in [4.78, 5) is 4.53. The van der Waals surface area contributed by atoms with Crippen molar-refractivity contribution in [3.63, 3.8) is 0 Å². The highest BCUT2D eigenvalue weighted by Gasteiger charge is 2.13. The lowest BCUT2D eigenvalue weighted by atomic mass is 10.1. The molecule has 1 atom stereocenters. The van der Waals surface area contributed by atoms with Gasteiger partial charge in [-0.2, -0.15) is 0 Å². The molecule has 0 amide bonds. The third-order valence-electron chi connectivity index (χ3n) is 3.51. The monoisotopic (exact) mass is 344 g/mol. The Bertz CT molecular complexity index is 766. The minimum Gasteiger partial charge on any atom is -0.459 e. The van der Waals surface area contributed by atoms with Gasteiger partial charge >= 0.3 is 0 Å². The first-order valence-electron chi connectivity index (χ1n) is 7.07. The second-order valence-electron chi connectivity index (χ2n) is 5.01. The number of furan rings is 1. The van der Waals surface area contributed by atoms with Crippen molar-refractivity contribution in [3.05, 3.63) is 52.8 Å². The van der Waals surface area contributed by atoms with Crippen LogP contribution in [0.25, 0.3) is 22.2 Å². The lowest BCUT2D eigenvalue weighted by molar-refractivity contribution is 0.445. The van der Waals surface area contributed by atoms with Gasteiger partial charge in [-0.25, -0.2) is 0 Å². The van der Waals surface area contributed by atoms with Gasteiger partial charge in [-0.1, -0.05) is 19.1 Å². The first kappa shape index (κ1) is 14.3. The summed E-state index contributed by atoms with van der Waals surface area (Å²) in [5.41, 5.74) is 1.98. The highest BCUT2D eigenvalue weighted by Crippen LogP contribution is 2.31. The molecule has 4 heteroatoms. The van der Waals surface area contributed by atoms with Crippen LogP contribution in [0.4, 0.5) is 0 Å². The Morgan fingerprint density at radius 3 is 2.95 bits per heavy atom. The largest absolute Gasteiger partial charge is 0.459 e. The summed E-state index contributed by atoms with van der Waals surface area (Å²) in [6.07, 6.45) is 1.82. The minimum atomic E-state index is 0.209. The van der Waals surface area contributed by atoms with E-state index >= 15 is 0 Å². The Balaban J connectivity index is 2.05. The quantitative estimate of drug-likeness (QED) is 0.729. The van der Waals surface area contributed by atoms with Gasteiger partial charge in [-0.3, -0.25) is 4.98 Å². The molecule has 0 fully saturated rings. The van der Waals surface area contributed by atoms with E-state index < -0.39 is 0 Å². The molecule has 2 aromatic heterocycles. The van der Waals surface area contributed by atoms with E-state index in [4.69, 9.17) is 4.42 Å². The third-order valence-corrected chi connectivity index (χ3v) is 3.94. The molecule has 108 valence electrons. The summed E-state index contributed by atoms with van der Waals surface area (Å²) in [7, 11) is 0. The highest BCUT2D eigenvalue weighted by atomic mass is 79.9. The van der Waals surface area contributed by atoms with Gasteiger partial charge in [-0.05, 0) is 53.7 Å². The van der Waals surface area contributed by atoms with Gasteiger partial charge in [0.05, 0.1) is 11.6 Å². The van der Waals surface area contributed by atoms with E-state index in [1.807, 2.05) is 30.5 Å². The van der Waals surface area contributed by atoms with E-state index in [2.05, 4.69) is 52.2 Å². The Labute approximate surface area is 132 Å². The number of hydrogen-bond acceptors (Lipinski definition) is 3. The number of halogens is 1. The van der Waals surface area contributed by atoms with Gasteiger partial charge in [0.25, 0.3) is 0 Å². The summed E-state index contributed by atoms with van der Waals surface area (Å²) in [5, 5.41) is 4.45. The van der Waals surface area contributed by atoms with Crippen LogP contribution in [0, 0.1) is 0 Å². The lowest BCUT2D eigenvalue weighted by Gasteiger charge is -2.09. The number of hydrogen-bond donors (Lipinski definition) is 1. The fourth-order valence-electron chi connectivity index (χ4n) is 2.47. The molecule has 0 bridgehead atoms. The van der Waals surface area contributed by atoms with Gasteiger partial charge < -0.3 is 9.73 Å². The van der Waals surface area contributed by atoms with Crippen molar-refractivity contribution in [3.8, 4) is 11.3 Å². The Morgan fingerprint density at radius 2 is 2.14 bits per heavy atom. The van der Waals surface area contributed by atoms with Crippen LogP contribution in [0.15, 0.2) is 51.5 Å². The average molecular weight is 345 g/mol. The number of nitrogens with zero attached hydrogens (tertiary/aromatic N) is 1. The van der Waals surface area contributed by atoms with Crippen LogP contribution in [-0.4, -0.2) is 11.5 Å². The minimum absolute atomic E-state index is 0.209. The lowest BCUT2D eigenvalue weighted by Crippen LogP contribution is -2.16. The maximum atomic E-state index is 6.01. The van der Waals surface area contributed by atoms with E-state index in [1.165, 1.54) is 0 Å². The SMILES string of the molecule is CCNC(C)c1ccc(-c2cccc3cc(Br)cnc23)o1. The standard InChI is InChI=1S/C17H17BrN2O/c1-3-19-11(2)15-7-8-16(21-15)14-6-4-5-12-9-13(18)10-20-17(12)14/h4-11,19H,3H2,1-2H3. The van der Waals surface area contributed by atoms with Crippen LogP contribution in [0.2, 0.25) is 0 Å². The number of para-hydroxylation sites is 1. The molecule has 3 nitrogen and oxygen atoms in total. The molecule has 1 unspecified atom stereocenters. The molecule has 2 heterocycles. The summed E-state index contributed by atoms with van der Waals surface area (Å²) in [5.74, 6) is 1.80. The van der Waals surface area contributed by atoms with Crippen molar-refractivity contribution < 1.29 is 4.42 Å². The van der Waals surface area contributed by atoms with Crippen molar-refractivity contribution in [2.75, 3.05) is 6.54 Å². The summed E-state index contributed by atoms with van der Waals surface area (Å²) >= 11 is 3.46. The maximum absolute atomic E-state index is 6.01. The van der Waals surface area contributed by atoms with Gasteiger partial charge in [-0.15, -0.1) is 0 Å². The molecule has 0 radical (unpaired) electrons. The van der Waals surface area contributed by atoms with E-state index in [0.717, 1.165) is 39.0 Å². The van der Waals surface area contributed by atoms with Crippen molar-refractivity contribution in [1.82, 2.24) is 10.3 Å². The number of benzene rings is 1. The molecular formula is C17H17BrN2O. The van der Waals surface area contributed by atoms with E-state index in [1.54, 1.807) is 0 Å². The first-order chi connectivity index (χ1) is 10.2. The molecule has 1 aromatic carbocycles. The average Bonchev–Trinajstić information content (AvgIpc) is 2.96. The van der Waals surface area contributed by atoms with Crippen LogP contribution in [0.1, 0.15) is 25.6 Å². The fraction of sp³-hybridized carbons (Fsp3) is 0.235. The molecule has 0 saturated heterocycles. The highest BCUT2D eigenvalue weighted by molar-refractivity contribution is 9.10. The van der Waals surface area contributed by atoms with E-state index in [0.29, 0.717) is 0 Å². The van der Waals surface area contributed by atoms with Crippen LogP contribution in [0.5, 0.6) is 0 Å². The predicted octanol–water partition coefficient (Wildman–Crippen LogP) is 4.93. The molecule has 3 rings (SSSR count).